The van der Waals surface area contributed by atoms with Gasteiger partial charge in [-0.2, -0.15) is 0 Å². The lowest BCUT2D eigenvalue weighted by Crippen LogP contribution is -2.51. The van der Waals surface area contributed by atoms with E-state index in [0.717, 1.165) is 54.9 Å². The molecule has 4 amide bonds. The standard InChI is InChI=1S/C38H46N8O6S2/c1-19(2)29(41-37(49)51-7)35(47)45-17-21(5)13-27(45)31-39-25-15-23(53-33(25)43-31)11-9-10-12-24-16-26-34(54-24)44-32(40-26)28-14-22(6)18-46(28)36(48)30(20(3)4)42-38(50)52-8/h15-16,19-22,27-30H,13-14,17-18H2,1-8H3,(H,39,43)(H,40,44)(H,41,49)(H,42,50)/t21-,22-,27-,28-,29?,30?/m0/s1. The van der Waals surface area contributed by atoms with Crippen LogP contribution in [0.3, 0.4) is 0 Å². The molecule has 0 radical (unpaired) electrons. The van der Waals surface area contributed by atoms with Crippen molar-refractivity contribution in [2.75, 3.05) is 27.3 Å². The molecule has 4 aromatic heterocycles. The van der Waals surface area contributed by atoms with E-state index in [1.165, 1.54) is 36.9 Å². The second kappa shape index (κ2) is 16.1. The minimum atomic E-state index is -0.702. The largest absolute Gasteiger partial charge is 0.453 e. The van der Waals surface area contributed by atoms with Crippen LogP contribution in [0.25, 0.3) is 20.7 Å². The maximum atomic E-state index is 13.6. The number of nitrogens with one attached hydrogen (secondary N) is 4. The number of carbonyl (C=O) groups excluding carboxylic acids is 4. The Kier molecular flexibility index (Phi) is 11.5. The number of ether oxygens (including phenoxy) is 2. The minimum Gasteiger partial charge on any atom is -0.453 e. The molecule has 2 fully saturated rings. The van der Waals surface area contributed by atoms with Crippen molar-refractivity contribution in [3.05, 3.63) is 33.5 Å². The number of hydrogen-bond donors (Lipinski definition) is 4. The summed E-state index contributed by atoms with van der Waals surface area (Å²) in [6.45, 7) is 12.9. The van der Waals surface area contributed by atoms with Gasteiger partial charge in [0.1, 0.15) is 33.4 Å². The number of amides is 4. The molecule has 0 spiro atoms. The molecule has 6 atom stereocenters. The van der Waals surface area contributed by atoms with Crippen molar-refractivity contribution in [3.63, 3.8) is 0 Å². The number of hydrogen-bond acceptors (Lipinski definition) is 10. The SMILES string of the molecule is COC(=O)NC(C(=O)N1C[C@@H](C)C[C@H]1c1nc2sc(C#CC#Cc3cc4[nH]c([C@@H]5C[C@H](C)CN5C(=O)C(NC(=O)OC)C(C)C)nc4s3)cc2[nH]1)C(C)C. The lowest BCUT2D eigenvalue weighted by Gasteiger charge is -2.30. The van der Waals surface area contributed by atoms with E-state index in [0.29, 0.717) is 13.1 Å². The first kappa shape index (κ1) is 38.7. The molecule has 54 heavy (non-hydrogen) atoms. The third kappa shape index (κ3) is 8.20. The van der Waals surface area contributed by atoms with Crippen molar-refractivity contribution in [2.45, 2.75) is 78.6 Å². The Morgan fingerprint density at radius 1 is 0.741 bits per heavy atom. The van der Waals surface area contributed by atoms with Gasteiger partial charge < -0.3 is 39.9 Å². The van der Waals surface area contributed by atoms with Crippen LogP contribution in [0.15, 0.2) is 12.1 Å². The Hall–Kier alpha value is -5.06. The van der Waals surface area contributed by atoms with Crippen LogP contribution >= 0.6 is 22.7 Å². The first-order valence-corrected chi connectivity index (χ1v) is 19.7. The van der Waals surface area contributed by atoms with Crippen molar-refractivity contribution in [2.24, 2.45) is 23.7 Å². The van der Waals surface area contributed by atoms with Crippen LogP contribution in [0.1, 0.15) is 87.9 Å². The molecule has 0 saturated carbocycles. The van der Waals surface area contributed by atoms with Gasteiger partial charge in [0, 0.05) is 13.1 Å². The summed E-state index contributed by atoms with van der Waals surface area (Å²) in [5.41, 5.74) is 1.69. The molecule has 16 heteroatoms. The Bertz CT molecular complexity index is 1960. The van der Waals surface area contributed by atoms with Gasteiger partial charge in [0.05, 0.1) is 47.1 Å². The van der Waals surface area contributed by atoms with Crippen LogP contribution < -0.4 is 10.6 Å². The fourth-order valence-electron chi connectivity index (χ4n) is 7.14. The van der Waals surface area contributed by atoms with Crippen molar-refractivity contribution in [3.8, 4) is 23.7 Å². The summed E-state index contributed by atoms with van der Waals surface area (Å²) in [6.07, 6.45) is 0.261. The fourth-order valence-corrected chi connectivity index (χ4v) is 8.84. The zero-order valence-electron chi connectivity index (χ0n) is 31.7. The number of carbonyl (C=O) groups is 4. The van der Waals surface area contributed by atoms with E-state index in [2.05, 4.69) is 58.1 Å². The van der Waals surface area contributed by atoms with Gasteiger partial charge in [-0.15, -0.1) is 22.7 Å². The summed E-state index contributed by atoms with van der Waals surface area (Å²) in [7, 11) is 2.57. The number of thiophene rings is 2. The van der Waals surface area contributed by atoms with E-state index < -0.39 is 24.3 Å². The number of rotatable bonds is 8. The lowest BCUT2D eigenvalue weighted by molar-refractivity contribution is -0.136. The first-order valence-electron chi connectivity index (χ1n) is 18.1. The predicted octanol–water partition coefficient (Wildman–Crippen LogP) is 5.55. The molecule has 0 aromatic carbocycles. The maximum Gasteiger partial charge on any atom is 0.407 e. The number of aromatic nitrogens is 4. The fraction of sp³-hybridized carbons (Fsp3) is 0.526. The molecule has 6 heterocycles. The second-order valence-electron chi connectivity index (χ2n) is 14.8. The van der Waals surface area contributed by atoms with Gasteiger partial charge in [0.15, 0.2) is 0 Å². The van der Waals surface area contributed by atoms with Crippen molar-refractivity contribution in [1.29, 1.82) is 0 Å². The summed E-state index contributed by atoms with van der Waals surface area (Å²) >= 11 is 2.91. The molecule has 6 rings (SSSR count). The van der Waals surface area contributed by atoms with E-state index >= 15 is 0 Å². The number of alkyl carbamates (subject to hydrolysis) is 2. The van der Waals surface area contributed by atoms with Crippen molar-refractivity contribution < 1.29 is 28.7 Å². The number of H-pyrrole nitrogens is 2. The predicted molar refractivity (Wildman–Crippen MR) is 207 cm³/mol. The topological polar surface area (TPSA) is 175 Å². The zero-order chi connectivity index (χ0) is 38.8. The van der Waals surface area contributed by atoms with Crippen LogP contribution in [-0.4, -0.2) is 93.1 Å². The molecule has 4 N–H and O–H groups in total. The highest BCUT2D eigenvalue weighted by atomic mass is 32.1. The molecular weight excluding hydrogens is 729 g/mol. The Balaban J connectivity index is 1.12. The Labute approximate surface area is 322 Å². The summed E-state index contributed by atoms with van der Waals surface area (Å²) in [6, 6.07) is 2.02. The average Bonchev–Trinajstić information content (AvgIpc) is 3.97. The van der Waals surface area contributed by atoms with Gasteiger partial charge in [0.25, 0.3) is 0 Å². The first-order chi connectivity index (χ1) is 25.8. The molecule has 2 aliphatic heterocycles. The van der Waals surface area contributed by atoms with Crippen LogP contribution in [0.4, 0.5) is 9.59 Å². The average molecular weight is 775 g/mol. The minimum absolute atomic E-state index is 0.116. The molecule has 2 saturated heterocycles. The molecule has 0 aliphatic carbocycles. The number of imidazole rings is 2. The van der Waals surface area contributed by atoms with Gasteiger partial charge in [-0.1, -0.05) is 41.5 Å². The lowest BCUT2D eigenvalue weighted by atomic mass is 10.0. The number of aromatic amines is 2. The highest BCUT2D eigenvalue weighted by Crippen LogP contribution is 2.38. The summed E-state index contributed by atoms with van der Waals surface area (Å²) in [4.78, 5) is 74.5. The molecule has 4 aromatic rings. The summed E-state index contributed by atoms with van der Waals surface area (Å²) in [5.74, 6) is 13.6. The molecular formula is C38H46N8O6S2. The third-order valence-electron chi connectivity index (χ3n) is 9.83. The number of methoxy groups -OCH3 is 2. The molecule has 2 unspecified atom stereocenters. The van der Waals surface area contributed by atoms with Gasteiger partial charge in [-0.3, -0.25) is 9.59 Å². The summed E-state index contributed by atoms with van der Waals surface area (Å²) < 4.78 is 9.51. The van der Waals surface area contributed by atoms with Crippen LogP contribution in [0.5, 0.6) is 0 Å². The highest BCUT2D eigenvalue weighted by Gasteiger charge is 2.41. The maximum absolute atomic E-state index is 13.6. The number of fused-ring (bicyclic) bond motifs is 2. The number of nitrogens with zero attached hydrogens (tertiary/aromatic N) is 4. The van der Waals surface area contributed by atoms with Gasteiger partial charge in [-0.05, 0) is 72.3 Å². The van der Waals surface area contributed by atoms with E-state index in [1.807, 2.05) is 49.6 Å². The molecule has 286 valence electrons. The van der Waals surface area contributed by atoms with E-state index in [1.54, 1.807) is 0 Å². The third-order valence-corrected chi connectivity index (χ3v) is 11.7. The summed E-state index contributed by atoms with van der Waals surface area (Å²) in [5, 5.41) is 5.39. The van der Waals surface area contributed by atoms with E-state index in [4.69, 9.17) is 19.4 Å². The van der Waals surface area contributed by atoms with E-state index in [-0.39, 0.29) is 47.6 Å². The molecule has 0 bridgehead atoms. The van der Waals surface area contributed by atoms with Crippen molar-refractivity contribution >= 4 is 67.4 Å². The Morgan fingerprint density at radius 3 is 1.46 bits per heavy atom. The van der Waals surface area contributed by atoms with Gasteiger partial charge >= 0.3 is 12.2 Å². The van der Waals surface area contributed by atoms with Crippen LogP contribution in [0.2, 0.25) is 0 Å². The Morgan fingerprint density at radius 2 is 1.13 bits per heavy atom. The van der Waals surface area contributed by atoms with Gasteiger partial charge in [-0.25, -0.2) is 19.6 Å². The quantitative estimate of drug-likeness (QED) is 0.169. The van der Waals surface area contributed by atoms with Crippen molar-refractivity contribution in [1.82, 2.24) is 40.4 Å². The monoisotopic (exact) mass is 774 g/mol. The van der Waals surface area contributed by atoms with Crippen LogP contribution in [-0.2, 0) is 19.1 Å². The zero-order valence-corrected chi connectivity index (χ0v) is 33.3. The molecule has 2 aliphatic rings. The number of likely N-dealkylation sites (tertiary alicyclic amines) is 2. The van der Waals surface area contributed by atoms with Gasteiger partial charge in [0.2, 0.25) is 11.8 Å². The normalized spacial score (nSPS) is 20.8. The smallest absolute Gasteiger partial charge is 0.407 e. The molecule has 14 nitrogen and oxygen atoms in total. The van der Waals surface area contributed by atoms with Crippen LogP contribution in [0, 0.1) is 47.4 Å². The van der Waals surface area contributed by atoms with E-state index in [9.17, 15) is 19.2 Å². The second-order valence-corrected chi connectivity index (χ2v) is 16.9. The highest BCUT2D eigenvalue weighted by molar-refractivity contribution is 7.19.